The Hall–Kier alpha value is -2.15. The molecule has 1 amide bonds. The van der Waals surface area contributed by atoms with E-state index in [0.717, 1.165) is 50.2 Å². The number of carbonyl (C=O) groups is 2. The molecule has 27 heavy (non-hydrogen) atoms. The second-order valence-corrected chi connectivity index (χ2v) is 7.70. The average molecular weight is 374 g/mol. The number of nitrogens with one attached hydrogen (secondary N) is 2. The molecule has 0 bridgehead atoms. The zero-order chi connectivity index (χ0) is 19.2. The summed E-state index contributed by atoms with van der Waals surface area (Å²) in [7, 11) is 0. The number of anilines is 1. The van der Waals surface area contributed by atoms with E-state index in [-0.39, 0.29) is 24.3 Å². The number of pyridine rings is 1. The first-order valence-electron chi connectivity index (χ1n) is 9.98. The summed E-state index contributed by atoms with van der Waals surface area (Å²) in [5.74, 6) is 0.589. The van der Waals surface area contributed by atoms with Crippen molar-refractivity contribution in [1.82, 2.24) is 15.2 Å². The zero-order valence-corrected chi connectivity index (χ0v) is 16.0. The summed E-state index contributed by atoms with van der Waals surface area (Å²) in [4.78, 5) is 29.8. The molecule has 3 N–H and O–H groups in total. The third-order valence-corrected chi connectivity index (χ3v) is 5.61. The second-order valence-electron chi connectivity index (χ2n) is 7.70. The minimum absolute atomic E-state index is 0.00331. The predicted octanol–water partition coefficient (Wildman–Crippen LogP) is 1.85. The molecule has 1 fully saturated rings. The molecule has 1 aromatic rings. The number of fused-ring (bicyclic) bond motifs is 1. The molecular weight excluding hydrogens is 344 g/mol. The lowest BCUT2D eigenvalue weighted by atomic mass is 9.95. The van der Waals surface area contributed by atoms with Gasteiger partial charge < -0.3 is 15.7 Å². The van der Waals surface area contributed by atoms with Crippen LogP contribution in [0.4, 0.5) is 5.82 Å². The number of amides is 1. The summed E-state index contributed by atoms with van der Waals surface area (Å²) >= 11 is 0. The van der Waals surface area contributed by atoms with Gasteiger partial charge in [-0.3, -0.25) is 14.5 Å². The third-order valence-electron chi connectivity index (χ3n) is 5.61. The van der Waals surface area contributed by atoms with E-state index in [0.29, 0.717) is 19.6 Å². The van der Waals surface area contributed by atoms with Crippen molar-refractivity contribution in [1.29, 1.82) is 0 Å². The number of hydrogen-bond donors (Lipinski definition) is 3. The Morgan fingerprint density at radius 1 is 1.37 bits per heavy atom. The number of likely N-dealkylation sites (tertiary alicyclic amines) is 1. The van der Waals surface area contributed by atoms with Crippen LogP contribution in [0.15, 0.2) is 12.1 Å². The molecule has 148 valence electrons. The summed E-state index contributed by atoms with van der Waals surface area (Å²) in [6.07, 6.45) is 4.56. The Morgan fingerprint density at radius 2 is 2.15 bits per heavy atom. The molecule has 0 spiro atoms. The van der Waals surface area contributed by atoms with Gasteiger partial charge in [0.05, 0.1) is 6.54 Å². The van der Waals surface area contributed by atoms with Gasteiger partial charge in [-0.05, 0) is 56.8 Å². The minimum atomic E-state index is -0.808. The number of carboxylic acids is 1. The van der Waals surface area contributed by atoms with Crippen LogP contribution in [0.1, 0.15) is 49.8 Å². The third kappa shape index (κ3) is 5.42. The van der Waals surface area contributed by atoms with Gasteiger partial charge in [-0.2, -0.15) is 0 Å². The molecule has 0 aliphatic carbocycles. The number of hydrogen-bond acceptors (Lipinski definition) is 5. The van der Waals surface area contributed by atoms with Crippen molar-refractivity contribution in [2.45, 2.75) is 44.9 Å². The van der Waals surface area contributed by atoms with Crippen molar-refractivity contribution in [3.63, 3.8) is 0 Å². The maximum atomic E-state index is 12.4. The highest BCUT2D eigenvalue weighted by Gasteiger charge is 2.25. The van der Waals surface area contributed by atoms with Crippen LogP contribution in [-0.2, 0) is 16.0 Å². The van der Waals surface area contributed by atoms with Crippen LogP contribution in [0.5, 0.6) is 0 Å². The molecule has 2 aliphatic rings. The lowest BCUT2D eigenvalue weighted by molar-refractivity contribution is -0.138. The van der Waals surface area contributed by atoms with Gasteiger partial charge in [0.2, 0.25) is 5.91 Å². The lowest BCUT2D eigenvalue weighted by Gasteiger charge is -2.30. The molecule has 3 rings (SSSR count). The number of nitrogens with zero attached hydrogens (tertiary/aromatic N) is 2. The minimum Gasteiger partial charge on any atom is -0.480 e. The first-order chi connectivity index (χ1) is 13.0. The van der Waals surface area contributed by atoms with Gasteiger partial charge in [-0.1, -0.05) is 13.0 Å². The smallest absolute Gasteiger partial charge is 0.317 e. The fourth-order valence-electron chi connectivity index (χ4n) is 3.87. The van der Waals surface area contributed by atoms with Crippen molar-refractivity contribution >= 4 is 17.7 Å². The quantitative estimate of drug-likeness (QED) is 0.674. The van der Waals surface area contributed by atoms with Crippen LogP contribution in [-0.4, -0.2) is 59.6 Å². The van der Waals surface area contributed by atoms with Gasteiger partial charge in [-0.15, -0.1) is 0 Å². The van der Waals surface area contributed by atoms with Gasteiger partial charge in [0, 0.05) is 30.6 Å². The fraction of sp³-hybridized carbons (Fsp3) is 0.650. The van der Waals surface area contributed by atoms with Crippen LogP contribution in [0.2, 0.25) is 0 Å². The highest BCUT2D eigenvalue weighted by Crippen LogP contribution is 2.24. The topological polar surface area (TPSA) is 94.6 Å². The number of aromatic nitrogens is 1. The molecular formula is C20H30N4O3. The van der Waals surface area contributed by atoms with Crippen molar-refractivity contribution in [2.24, 2.45) is 5.92 Å². The lowest BCUT2D eigenvalue weighted by Crippen LogP contribution is -2.42. The Balaban J connectivity index is 1.40. The largest absolute Gasteiger partial charge is 0.480 e. The van der Waals surface area contributed by atoms with E-state index in [1.54, 1.807) is 0 Å². The Morgan fingerprint density at radius 3 is 2.89 bits per heavy atom. The molecule has 0 aromatic carbocycles. The van der Waals surface area contributed by atoms with Crippen molar-refractivity contribution in [2.75, 3.05) is 38.0 Å². The summed E-state index contributed by atoms with van der Waals surface area (Å²) in [5.41, 5.74) is 2.36. The van der Waals surface area contributed by atoms with Crippen LogP contribution in [0, 0.1) is 5.92 Å². The van der Waals surface area contributed by atoms with Crippen molar-refractivity contribution < 1.29 is 14.7 Å². The number of aryl methyl sites for hydroxylation is 1. The number of carboxylic acid groups (broad SMARTS) is 1. The zero-order valence-electron chi connectivity index (χ0n) is 16.0. The van der Waals surface area contributed by atoms with Gasteiger partial charge in [0.1, 0.15) is 5.82 Å². The number of aliphatic carboxylic acids is 1. The van der Waals surface area contributed by atoms with E-state index in [1.807, 2.05) is 4.90 Å². The highest BCUT2D eigenvalue weighted by atomic mass is 16.4. The maximum Gasteiger partial charge on any atom is 0.317 e. The maximum absolute atomic E-state index is 12.4. The first kappa shape index (κ1) is 19.6. The second kappa shape index (κ2) is 9.17. The summed E-state index contributed by atoms with van der Waals surface area (Å²) < 4.78 is 0. The van der Waals surface area contributed by atoms with E-state index < -0.39 is 5.97 Å². The van der Waals surface area contributed by atoms with Crippen LogP contribution in [0.25, 0.3) is 0 Å². The van der Waals surface area contributed by atoms with Crippen LogP contribution < -0.4 is 10.6 Å². The molecule has 2 aliphatic heterocycles. The monoisotopic (exact) mass is 374 g/mol. The summed E-state index contributed by atoms with van der Waals surface area (Å²) in [6, 6.07) is 4.28. The SMILES string of the molecule is CC(CCNC(=O)C1CCN(CC(=O)O)CC1)c1ccc2c(n1)NCCC2. The Labute approximate surface area is 160 Å². The number of piperidine rings is 1. The van der Waals surface area contributed by atoms with E-state index in [4.69, 9.17) is 10.1 Å². The average Bonchev–Trinajstić information content (AvgIpc) is 2.67. The Bertz CT molecular complexity index is 671. The van der Waals surface area contributed by atoms with Gasteiger partial charge in [0.25, 0.3) is 0 Å². The molecule has 7 nitrogen and oxygen atoms in total. The first-order valence-corrected chi connectivity index (χ1v) is 9.98. The summed E-state index contributed by atoms with van der Waals surface area (Å²) in [5, 5.41) is 15.3. The van der Waals surface area contributed by atoms with Gasteiger partial charge >= 0.3 is 5.97 Å². The van der Waals surface area contributed by atoms with E-state index >= 15 is 0 Å². The number of carbonyl (C=O) groups excluding carboxylic acids is 1. The molecule has 0 radical (unpaired) electrons. The molecule has 1 atom stereocenters. The Kier molecular flexibility index (Phi) is 6.66. The molecule has 1 unspecified atom stereocenters. The number of rotatable bonds is 7. The van der Waals surface area contributed by atoms with Gasteiger partial charge in [-0.25, -0.2) is 4.98 Å². The molecule has 1 aromatic heterocycles. The fourth-order valence-corrected chi connectivity index (χ4v) is 3.87. The van der Waals surface area contributed by atoms with Crippen LogP contribution >= 0.6 is 0 Å². The summed E-state index contributed by atoms with van der Waals surface area (Å²) in [6.45, 7) is 5.18. The van der Waals surface area contributed by atoms with Crippen LogP contribution in [0.3, 0.4) is 0 Å². The van der Waals surface area contributed by atoms with Crippen molar-refractivity contribution in [3.8, 4) is 0 Å². The van der Waals surface area contributed by atoms with E-state index in [9.17, 15) is 9.59 Å². The highest BCUT2D eigenvalue weighted by molar-refractivity contribution is 5.78. The molecule has 0 saturated carbocycles. The molecule has 7 heteroatoms. The van der Waals surface area contributed by atoms with Gasteiger partial charge in [0.15, 0.2) is 0 Å². The van der Waals surface area contributed by atoms with E-state index in [1.165, 1.54) is 5.56 Å². The molecule has 1 saturated heterocycles. The molecule has 3 heterocycles. The normalized spacial score (nSPS) is 19.0. The van der Waals surface area contributed by atoms with Crippen molar-refractivity contribution in [3.05, 3.63) is 23.4 Å². The standard InChI is InChI=1S/C20H30N4O3/c1-14(17-5-4-15-3-2-9-21-19(15)23-17)6-10-22-20(27)16-7-11-24(12-8-16)13-18(25)26/h4-5,14,16H,2-3,6-13H2,1H3,(H,21,23)(H,22,27)(H,25,26). The predicted molar refractivity (Wildman–Crippen MR) is 104 cm³/mol. The van der Waals surface area contributed by atoms with E-state index in [2.05, 4.69) is 29.7 Å².